The van der Waals surface area contributed by atoms with Gasteiger partial charge in [0.25, 0.3) is 15.9 Å². The van der Waals surface area contributed by atoms with Crippen molar-refractivity contribution < 1.29 is 13.2 Å². The van der Waals surface area contributed by atoms with E-state index in [-0.39, 0.29) is 0 Å². The summed E-state index contributed by atoms with van der Waals surface area (Å²) < 4.78 is 26.1. The van der Waals surface area contributed by atoms with Gasteiger partial charge in [-0.05, 0) is 37.1 Å². The molecule has 0 saturated heterocycles. The zero-order valence-electron chi connectivity index (χ0n) is 13.0. The molecule has 0 radical (unpaired) electrons. The number of amides is 1. The Labute approximate surface area is 136 Å². The molecule has 122 valence electrons. The number of sulfonamides is 1. The minimum absolute atomic E-state index is 0.291. The zero-order chi connectivity index (χ0) is 16.9. The number of carbonyl (C=O) groups excluding carboxylic acids is 1. The van der Waals surface area contributed by atoms with Crippen LogP contribution in [0.2, 0.25) is 0 Å². The number of hydrogen-bond donors (Lipinski definition) is 2. The third kappa shape index (κ3) is 4.79. The minimum Gasteiger partial charge on any atom is -0.355 e. The number of pyridine rings is 1. The number of aryl methyl sites for hydroxylation is 2. The second-order valence-electron chi connectivity index (χ2n) is 5.05. The molecule has 1 aromatic carbocycles. The zero-order valence-corrected chi connectivity index (χ0v) is 13.9. The standard InChI is InChI=1S/C16H19N3O3S/c1-3-13-10-9-12(2)18-15(13)17-11-23(21,22)19-16(20)14-7-5-4-6-8-14/h4-10H,3,11H2,1-2H3,(H,17,18)(H,19,20). The molecule has 1 aromatic heterocycles. The summed E-state index contributed by atoms with van der Waals surface area (Å²) in [5.41, 5.74) is 2.00. The van der Waals surface area contributed by atoms with Crippen LogP contribution in [-0.2, 0) is 16.4 Å². The van der Waals surface area contributed by atoms with E-state index >= 15 is 0 Å². The Morgan fingerprint density at radius 1 is 1.13 bits per heavy atom. The van der Waals surface area contributed by atoms with Gasteiger partial charge in [-0.25, -0.2) is 18.1 Å². The molecule has 0 spiro atoms. The maximum absolute atomic E-state index is 12.0. The van der Waals surface area contributed by atoms with Gasteiger partial charge in [0, 0.05) is 11.3 Å². The minimum atomic E-state index is -3.82. The number of anilines is 1. The summed E-state index contributed by atoms with van der Waals surface area (Å²) in [4.78, 5) is 16.2. The number of benzene rings is 1. The lowest BCUT2D eigenvalue weighted by molar-refractivity contribution is 0.0981. The van der Waals surface area contributed by atoms with Crippen molar-refractivity contribution in [3.8, 4) is 0 Å². The van der Waals surface area contributed by atoms with E-state index in [1.165, 1.54) is 0 Å². The number of rotatable bonds is 6. The van der Waals surface area contributed by atoms with Crippen molar-refractivity contribution >= 4 is 21.7 Å². The Balaban J connectivity index is 2.05. The van der Waals surface area contributed by atoms with Crippen molar-refractivity contribution in [2.24, 2.45) is 0 Å². The summed E-state index contributed by atoms with van der Waals surface area (Å²) in [6.45, 7) is 3.79. The molecule has 2 N–H and O–H groups in total. The maximum Gasteiger partial charge on any atom is 0.264 e. The van der Waals surface area contributed by atoms with Crippen LogP contribution in [0.1, 0.15) is 28.5 Å². The lowest BCUT2D eigenvalue weighted by Gasteiger charge is -2.12. The molecule has 0 saturated carbocycles. The van der Waals surface area contributed by atoms with Crippen LogP contribution in [0.25, 0.3) is 0 Å². The predicted molar refractivity (Wildman–Crippen MR) is 89.7 cm³/mol. The molecule has 1 amide bonds. The van der Waals surface area contributed by atoms with Crippen LogP contribution in [0, 0.1) is 6.92 Å². The smallest absolute Gasteiger partial charge is 0.264 e. The molecule has 6 nitrogen and oxygen atoms in total. The predicted octanol–water partition coefficient (Wildman–Crippen LogP) is 2.08. The molecule has 0 bridgehead atoms. The van der Waals surface area contributed by atoms with Crippen molar-refractivity contribution in [1.82, 2.24) is 9.71 Å². The van der Waals surface area contributed by atoms with Crippen LogP contribution in [0.4, 0.5) is 5.82 Å². The highest BCUT2D eigenvalue weighted by molar-refractivity contribution is 7.90. The number of nitrogens with one attached hydrogen (secondary N) is 2. The van der Waals surface area contributed by atoms with E-state index in [9.17, 15) is 13.2 Å². The highest BCUT2D eigenvalue weighted by Crippen LogP contribution is 2.14. The number of nitrogens with zero attached hydrogens (tertiary/aromatic N) is 1. The summed E-state index contributed by atoms with van der Waals surface area (Å²) >= 11 is 0. The van der Waals surface area contributed by atoms with Gasteiger partial charge in [0.1, 0.15) is 11.7 Å². The summed E-state index contributed by atoms with van der Waals surface area (Å²) in [7, 11) is -3.82. The molecule has 0 aliphatic heterocycles. The van der Waals surface area contributed by atoms with Gasteiger partial charge in [0.2, 0.25) is 0 Å². The first-order chi connectivity index (χ1) is 10.9. The highest BCUT2D eigenvalue weighted by atomic mass is 32.2. The van der Waals surface area contributed by atoms with Crippen LogP contribution in [0.3, 0.4) is 0 Å². The number of aromatic nitrogens is 1. The van der Waals surface area contributed by atoms with E-state index < -0.39 is 21.8 Å². The summed E-state index contributed by atoms with van der Waals surface area (Å²) in [6.07, 6.45) is 0.728. The Bertz CT molecular complexity index is 789. The Hall–Kier alpha value is -2.41. The summed E-state index contributed by atoms with van der Waals surface area (Å²) in [5.74, 6) is -0.556. The normalized spacial score (nSPS) is 11.0. The van der Waals surface area contributed by atoms with Crippen LogP contribution in [0.15, 0.2) is 42.5 Å². The van der Waals surface area contributed by atoms with Gasteiger partial charge in [0.05, 0.1) is 0 Å². The average molecular weight is 333 g/mol. The quantitative estimate of drug-likeness (QED) is 0.845. The Morgan fingerprint density at radius 3 is 2.48 bits per heavy atom. The molecule has 7 heteroatoms. The van der Waals surface area contributed by atoms with Crippen LogP contribution in [0.5, 0.6) is 0 Å². The van der Waals surface area contributed by atoms with Gasteiger partial charge in [-0.15, -0.1) is 0 Å². The van der Waals surface area contributed by atoms with Gasteiger partial charge in [0.15, 0.2) is 0 Å². The van der Waals surface area contributed by atoms with E-state index in [1.54, 1.807) is 30.3 Å². The molecule has 0 aliphatic carbocycles. The van der Waals surface area contributed by atoms with E-state index in [2.05, 4.69) is 10.3 Å². The lowest BCUT2D eigenvalue weighted by Crippen LogP contribution is -2.35. The first-order valence-electron chi connectivity index (χ1n) is 7.21. The van der Waals surface area contributed by atoms with Crippen molar-refractivity contribution in [3.63, 3.8) is 0 Å². The SMILES string of the molecule is CCc1ccc(C)nc1NCS(=O)(=O)NC(=O)c1ccccc1. The van der Waals surface area contributed by atoms with Gasteiger partial charge in [-0.1, -0.05) is 31.2 Å². The largest absolute Gasteiger partial charge is 0.355 e. The van der Waals surface area contributed by atoms with E-state index in [1.807, 2.05) is 30.7 Å². The molecular weight excluding hydrogens is 314 g/mol. The summed E-state index contributed by atoms with van der Waals surface area (Å²) in [6, 6.07) is 12.0. The van der Waals surface area contributed by atoms with Crippen LogP contribution >= 0.6 is 0 Å². The molecule has 1 heterocycles. The van der Waals surface area contributed by atoms with Gasteiger partial charge in [-0.3, -0.25) is 4.79 Å². The van der Waals surface area contributed by atoms with Crippen LogP contribution in [-0.4, -0.2) is 25.2 Å². The van der Waals surface area contributed by atoms with Crippen molar-refractivity contribution in [3.05, 3.63) is 59.3 Å². The van der Waals surface area contributed by atoms with Crippen molar-refractivity contribution in [1.29, 1.82) is 0 Å². The first-order valence-corrected chi connectivity index (χ1v) is 8.87. The van der Waals surface area contributed by atoms with Crippen molar-refractivity contribution in [2.75, 3.05) is 11.2 Å². The molecule has 0 unspecified atom stereocenters. The topological polar surface area (TPSA) is 88.2 Å². The molecular formula is C16H19N3O3S. The number of hydrogen-bond acceptors (Lipinski definition) is 5. The van der Waals surface area contributed by atoms with Crippen molar-refractivity contribution in [2.45, 2.75) is 20.3 Å². The van der Waals surface area contributed by atoms with Gasteiger partial charge < -0.3 is 5.32 Å². The summed E-state index contributed by atoms with van der Waals surface area (Å²) in [5, 5.41) is 2.79. The van der Waals surface area contributed by atoms with Gasteiger partial charge in [-0.2, -0.15) is 0 Å². The van der Waals surface area contributed by atoms with E-state index in [4.69, 9.17) is 0 Å². The fourth-order valence-corrected chi connectivity index (χ4v) is 2.81. The fourth-order valence-electron chi connectivity index (χ4n) is 2.01. The second kappa shape index (κ2) is 7.23. The van der Waals surface area contributed by atoms with E-state index in [0.29, 0.717) is 11.4 Å². The molecule has 0 fully saturated rings. The van der Waals surface area contributed by atoms with Gasteiger partial charge >= 0.3 is 0 Å². The van der Waals surface area contributed by atoms with Crippen LogP contribution < -0.4 is 10.0 Å². The monoisotopic (exact) mass is 333 g/mol. The van der Waals surface area contributed by atoms with E-state index in [0.717, 1.165) is 17.7 Å². The third-order valence-corrected chi connectivity index (χ3v) is 4.23. The highest BCUT2D eigenvalue weighted by Gasteiger charge is 2.16. The third-order valence-electron chi connectivity index (χ3n) is 3.21. The molecule has 0 aliphatic rings. The average Bonchev–Trinajstić information content (AvgIpc) is 2.53. The molecule has 2 rings (SSSR count). The Kier molecular flexibility index (Phi) is 5.33. The second-order valence-corrected chi connectivity index (χ2v) is 6.77. The molecule has 0 atom stereocenters. The fraction of sp³-hybridized carbons (Fsp3) is 0.250. The lowest BCUT2D eigenvalue weighted by atomic mass is 10.2. The maximum atomic E-state index is 12.0. The number of carbonyl (C=O) groups is 1. The first kappa shape index (κ1) is 17.0. The molecule has 2 aromatic rings. The molecule has 23 heavy (non-hydrogen) atoms. The Morgan fingerprint density at radius 2 is 1.83 bits per heavy atom.